The second kappa shape index (κ2) is 7.97. The molecule has 0 unspecified atom stereocenters. The van der Waals surface area contributed by atoms with Gasteiger partial charge in [0.25, 0.3) is 5.91 Å². The maximum Gasteiger partial charge on any atom is 0.273 e. The summed E-state index contributed by atoms with van der Waals surface area (Å²) in [7, 11) is 0. The predicted molar refractivity (Wildman–Crippen MR) is 97.6 cm³/mol. The minimum absolute atomic E-state index is 0.218. The van der Waals surface area contributed by atoms with Crippen LogP contribution in [0.3, 0.4) is 0 Å². The highest BCUT2D eigenvalue weighted by atomic mass is 32.1. The van der Waals surface area contributed by atoms with Crippen molar-refractivity contribution in [3.63, 3.8) is 0 Å². The number of carbonyl (C=O) groups is 1. The zero-order chi connectivity index (χ0) is 16.8. The average Bonchev–Trinajstić information content (AvgIpc) is 2.85. The number of nitrogens with zero attached hydrogens (tertiary/aromatic N) is 1. The van der Waals surface area contributed by atoms with E-state index in [0.29, 0.717) is 17.4 Å². The largest absolute Gasteiger partial charge is 0.493 e. The third-order valence-electron chi connectivity index (χ3n) is 3.61. The van der Waals surface area contributed by atoms with E-state index in [0.717, 1.165) is 36.5 Å². The first-order chi connectivity index (χ1) is 11.1. The lowest BCUT2D eigenvalue weighted by atomic mass is 10.1. The second-order valence-corrected chi connectivity index (χ2v) is 5.62. The molecule has 0 atom stereocenters. The van der Waals surface area contributed by atoms with Crippen LogP contribution in [0.25, 0.3) is 6.08 Å². The van der Waals surface area contributed by atoms with Crippen LogP contribution in [0, 0.1) is 0 Å². The van der Waals surface area contributed by atoms with E-state index in [9.17, 15) is 4.79 Å². The highest BCUT2D eigenvalue weighted by Crippen LogP contribution is 2.28. The number of benzene rings is 1. The minimum Gasteiger partial charge on any atom is -0.493 e. The molecular weight excluding hydrogens is 310 g/mol. The predicted octanol–water partition coefficient (Wildman–Crippen LogP) is 2.67. The number of ether oxygens (including phenoxy) is 1. The van der Waals surface area contributed by atoms with E-state index in [4.69, 9.17) is 17.0 Å². The Morgan fingerprint density at radius 1 is 1.22 bits per heavy atom. The van der Waals surface area contributed by atoms with E-state index < -0.39 is 0 Å². The smallest absolute Gasteiger partial charge is 0.273 e. The van der Waals surface area contributed by atoms with Crippen molar-refractivity contribution in [2.45, 2.75) is 27.2 Å². The van der Waals surface area contributed by atoms with Crippen LogP contribution in [-0.4, -0.2) is 30.7 Å². The van der Waals surface area contributed by atoms with E-state index in [2.05, 4.69) is 36.3 Å². The fourth-order valence-corrected chi connectivity index (χ4v) is 2.61. The second-order valence-electron chi connectivity index (χ2n) is 5.21. The zero-order valence-corrected chi connectivity index (χ0v) is 14.6. The van der Waals surface area contributed by atoms with Gasteiger partial charge in [-0.2, -0.15) is 0 Å². The average molecular weight is 333 g/mol. The van der Waals surface area contributed by atoms with E-state index in [-0.39, 0.29) is 5.91 Å². The number of nitrogens with one attached hydrogen (secondary N) is 2. The molecule has 124 valence electrons. The van der Waals surface area contributed by atoms with E-state index >= 15 is 0 Å². The molecule has 1 amide bonds. The summed E-state index contributed by atoms with van der Waals surface area (Å²) in [5.74, 6) is 0.556. The van der Waals surface area contributed by atoms with Crippen LogP contribution in [0.15, 0.2) is 23.9 Å². The fraction of sp³-hybridized carbons (Fsp3) is 0.412. The van der Waals surface area contributed by atoms with Gasteiger partial charge in [0.2, 0.25) is 0 Å². The Morgan fingerprint density at radius 2 is 1.96 bits per heavy atom. The molecule has 6 heteroatoms. The first-order valence-corrected chi connectivity index (χ1v) is 8.35. The van der Waals surface area contributed by atoms with Crippen molar-refractivity contribution in [2.24, 2.45) is 0 Å². The van der Waals surface area contributed by atoms with E-state index in [1.54, 1.807) is 6.08 Å². The minimum atomic E-state index is -0.218. The number of thiocarbonyl (C=S) groups is 1. The topological polar surface area (TPSA) is 53.6 Å². The van der Waals surface area contributed by atoms with Gasteiger partial charge in [-0.25, -0.2) is 0 Å². The first-order valence-electron chi connectivity index (χ1n) is 7.94. The van der Waals surface area contributed by atoms with Crippen LogP contribution in [0.1, 0.15) is 32.8 Å². The van der Waals surface area contributed by atoms with Gasteiger partial charge in [-0.05, 0) is 50.7 Å². The van der Waals surface area contributed by atoms with Crippen molar-refractivity contribution in [1.82, 2.24) is 10.6 Å². The third kappa shape index (κ3) is 4.22. The molecule has 5 nitrogen and oxygen atoms in total. The van der Waals surface area contributed by atoms with Gasteiger partial charge in [-0.1, -0.05) is 6.92 Å². The molecule has 1 aliphatic rings. The van der Waals surface area contributed by atoms with Gasteiger partial charge in [0.15, 0.2) is 5.11 Å². The maximum atomic E-state index is 11.8. The molecule has 0 radical (unpaired) electrons. The summed E-state index contributed by atoms with van der Waals surface area (Å²) in [6.07, 6.45) is 2.69. The highest BCUT2D eigenvalue weighted by molar-refractivity contribution is 7.80. The Balaban J connectivity index is 2.36. The van der Waals surface area contributed by atoms with Crippen LogP contribution in [0.4, 0.5) is 5.69 Å². The summed E-state index contributed by atoms with van der Waals surface area (Å²) in [4.78, 5) is 14.1. The molecule has 0 saturated carbocycles. The van der Waals surface area contributed by atoms with Crippen LogP contribution in [0.2, 0.25) is 0 Å². The third-order valence-corrected chi connectivity index (χ3v) is 3.81. The maximum absolute atomic E-state index is 11.8. The molecule has 23 heavy (non-hydrogen) atoms. The van der Waals surface area contributed by atoms with Crippen LogP contribution >= 0.6 is 12.2 Å². The lowest BCUT2D eigenvalue weighted by Gasteiger charge is -2.22. The Kier molecular flexibility index (Phi) is 5.98. The summed E-state index contributed by atoms with van der Waals surface area (Å²) in [5, 5.41) is 5.75. The molecule has 0 aliphatic carbocycles. The fourth-order valence-electron chi connectivity index (χ4n) is 2.40. The van der Waals surface area contributed by atoms with Crippen molar-refractivity contribution in [2.75, 3.05) is 24.6 Å². The molecule has 1 aliphatic heterocycles. The Hall–Kier alpha value is -2.08. The Bertz CT molecular complexity index is 624. The quantitative estimate of drug-likeness (QED) is 0.593. The first kappa shape index (κ1) is 17.3. The number of amides is 1. The number of hydrogen-bond donors (Lipinski definition) is 2. The van der Waals surface area contributed by atoms with Crippen LogP contribution < -0.4 is 20.3 Å². The van der Waals surface area contributed by atoms with Crippen molar-refractivity contribution in [3.8, 4) is 5.75 Å². The number of carbonyl (C=O) groups excluding carboxylic acids is 1. The molecule has 2 rings (SSSR count). The van der Waals surface area contributed by atoms with E-state index in [1.807, 2.05) is 18.2 Å². The highest BCUT2D eigenvalue weighted by Gasteiger charge is 2.20. The Morgan fingerprint density at radius 3 is 2.52 bits per heavy atom. The van der Waals surface area contributed by atoms with Crippen molar-refractivity contribution >= 4 is 35.0 Å². The van der Waals surface area contributed by atoms with E-state index in [1.165, 1.54) is 0 Å². The summed E-state index contributed by atoms with van der Waals surface area (Å²) < 4.78 is 5.87. The van der Waals surface area contributed by atoms with Gasteiger partial charge in [-0.3, -0.25) is 10.1 Å². The molecule has 0 spiro atoms. The summed E-state index contributed by atoms with van der Waals surface area (Å²) in [6, 6.07) is 6.05. The summed E-state index contributed by atoms with van der Waals surface area (Å²) in [6.45, 7) is 8.82. The number of anilines is 1. The monoisotopic (exact) mass is 333 g/mol. The lowest BCUT2D eigenvalue weighted by Crippen LogP contribution is -2.21. The Labute approximate surface area is 142 Å². The summed E-state index contributed by atoms with van der Waals surface area (Å²) >= 11 is 4.96. The molecule has 1 heterocycles. The molecule has 0 aromatic heterocycles. The van der Waals surface area contributed by atoms with Gasteiger partial charge in [0.1, 0.15) is 11.4 Å². The molecule has 2 N–H and O–H groups in total. The summed E-state index contributed by atoms with van der Waals surface area (Å²) in [5.41, 5.74) is 2.41. The van der Waals surface area contributed by atoms with Gasteiger partial charge in [0, 0.05) is 30.4 Å². The molecule has 1 aromatic rings. The van der Waals surface area contributed by atoms with Crippen LogP contribution in [-0.2, 0) is 4.79 Å². The van der Waals surface area contributed by atoms with Gasteiger partial charge < -0.3 is 15.0 Å². The lowest BCUT2D eigenvalue weighted by molar-refractivity contribution is -0.115. The molecule has 1 saturated heterocycles. The molecule has 0 bridgehead atoms. The van der Waals surface area contributed by atoms with Gasteiger partial charge in [-0.15, -0.1) is 0 Å². The molecule has 1 fully saturated rings. The van der Waals surface area contributed by atoms with Crippen LogP contribution in [0.5, 0.6) is 5.75 Å². The molecule has 1 aromatic carbocycles. The van der Waals surface area contributed by atoms with Gasteiger partial charge >= 0.3 is 0 Å². The number of hydrogen-bond acceptors (Lipinski definition) is 4. The van der Waals surface area contributed by atoms with Crippen molar-refractivity contribution in [3.05, 3.63) is 29.5 Å². The standard InChI is InChI=1S/C17H23N3O2S/c1-4-9-22-15-11-13(20(5-2)6-3)8-7-12(15)10-14-16(21)19-17(23)18-14/h7-8,10-11H,4-6,9H2,1-3H3,(H2,18,19,21,23)/b14-10+. The van der Waals surface area contributed by atoms with Gasteiger partial charge in [0.05, 0.1) is 6.61 Å². The van der Waals surface area contributed by atoms with Crippen molar-refractivity contribution in [1.29, 1.82) is 0 Å². The number of rotatable bonds is 7. The SMILES string of the molecule is CCCOc1cc(N(CC)CC)ccc1/C=C1/NC(=S)NC1=O. The van der Waals surface area contributed by atoms with Crippen molar-refractivity contribution < 1.29 is 9.53 Å². The zero-order valence-electron chi connectivity index (χ0n) is 13.8. The molecular formula is C17H23N3O2S. The normalized spacial score (nSPS) is 15.5.